The third-order valence-electron chi connectivity index (χ3n) is 8.22. The van der Waals surface area contributed by atoms with Crippen LogP contribution in [0.4, 0.5) is 0 Å². The van der Waals surface area contributed by atoms with E-state index in [0.29, 0.717) is 6.42 Å². The highest BCUT2D eigenvalue weighted by molar-refractivity contribution is 7.47. The van der Waals surface area contributed by atoms with Crippen molar-refractivity contribution in [2.24, 2.45) is 5.73 Å². The first-order valence-corrected chi connectivity index (χ1v) is 21.6. The van der Waals surface area contributed by atoms with E-state index in [4.69, 9.17) is 24.3 Å². The lowest BCUT2D eigenvalue weighted by molar-refractivity contribution is -0.161. The number of nitrogens with two attached hydrogens (primary N) is 1. The number of ether oxygens (including phenoxy) is 2. The summed E-state index contributed by atoms with van der Waals surface area (Å²) < 4.78 is 32.6. The number of allylic oxidation sites excluding steroid dienone is 8. The highest BCUT2D eigenvalue weighted by atomic mass is 31.2. The first-order valence-electron chi connectivity index (χ1n) is 20.1. The van der Waals surface area contributed by atoms with Gasteiger partial charge in [0.25, 0.3) is 0 Å². The Bertz CT molecular complexity index is 981. The predicted octanol–water partition coefficient (Wildman–Crippen LogP) is 11.2. The number of unbranched alkanes of at least 4 members (excludes halogenated alkanes) is 16. The summed E-state index contributed by atoms with van der Waals surface area (Å²) in [6.45, 7) is 3.64. The molecule has 10 heteroatoms. The van der Waals surface area contributed by atoms with E-state index in [0.717, 1.165) is 57.8 Å². The monoisotopic (exact) mass is 740 g/mol. The van der Waals surface area contributed by atoms with Crippen molar-refractivity contribution < 1.29 is 37.6 Å². The van der Waals surface area contributed by atoms with E-state index < -0.39 is 32.5 Å². The van der Waals surface area contributed by atoms with E-state index in [-0.39, 0.29) is 32.6 Å². The summed E-state index contributed by atoms with van der Waals surface area (Å²) in [5.41, 5.74) is 5.33. The number of esters is 2. The lowest BCUT2D eigenvalue weighted by Gasteiger charge is -2.19. The second-order valence-electron chi connectivity index (χ2n) is 13.2. The summed E-state index contributed by atoms with van der Waals surface area (Å²) in [5, 5.41) is 0. The van der Waals surface area contributed by atoms with Crippen molar-refractivity contribution in [2.75, 3.05) is 26.4 Å². The van der Waals surface area contributed by atoms with Crippen molar-refractivity contribution in [2.45, 2.75) is 174 Å². The lowest BCUT2D eigenvalue weighted by Crippen LogP contribution is -2.29. The maximum atomic E-state index is 12.5. The van der Waals surface area contributed by atoms with E-state index in [2.05, 4.69) is 62.5 Å². The van der Waals surface area contributed by atoms with Crippen LogP contribution in [-0.4, -0.2) is 49.3 Å². The van der Waals surface area contributed by atoms with Crippen LogP contribution < -0.4 is 5.73 Å². The Labute approximate surface area is 311 Å². The molecule has 0 radical (unpaired) electrons. The molecule has 0 aromatic carbocycles. The van der Waals surface area contributed by atoms with Gasteiger partial charge in [0.15, 0.2) is 6.10 Å². The van der Waals surface area contributed by atoms with Gasteiger partial charge in [0.1, 0.15) is 6.61 Å². The van der Waals surface area contributed by atoms with Crippen LogP contribution in [0.15, 0.2) is 48.6 Å². The molecular formula is C41H74NO8P. The second kappa shape index (κ2) is 37.7. The number of hydrogen-bond donors (Lipinski definition) is 2. The first kappa shape index (κ1) is 49.0. The van der Waals surface area contributed by atoms with Gasteiger partial charge in [-0.1, -0.05) is 146 Å². The van der Waals surface area contributed by atoms with Crippen LogP contribution in [-0.2, 0) is 32.7 Å². The Balaban J connectivity index is 4.26. The van der Waals surface area contributed by atoms with Gasteiger partial charge in [0.05, 0.1) is 13.2 Å². The molecule has 0 spiro atoms. The van der Waals surface area contributed by atoms with Gasteiger partial charge >= 0.3 is 19.8 Å². The minimum Gasteiger partial charge on any atom is -0.462 e. The van der Waals surface area contributed by atoms with Crippen LogP contribution in [0.5, 0.6) is 0 Å². The molecule has 2 atom stereocenters. The normalized spacial score (nSPS) is 13.9. The maximum absolute atomic E-state index is 12.5. The summed E-state index contributed by atoms with van der Waals surface area (Å²) in [5.74, 6) is -0.867. The average molecular weight is 740 g/mol. The van der Waals surface area contributed by atoms with Crippen LogP contribution in [0.2, 0.25) is 0 Å². The van der Waals surface area contributed by atoms with Crippen LogP contribution in [0.1, 0.15) is 168 Å². The standard InChI is InChI=1S/C41H74NO8P/c1-3-5-7-9-11-13-15-16-17-18-19-20-21-22-24-26-28-30-32-34-41(44)50-39(38-49-51(45,46)48-36-35-42)37-47-40(43)33-31-29-27-25-23-14-12-10-8-6-4-2/h11,13,16-17,19-20,22,24,39H,3-10,12,14-15,18,21,23,25-38,42H2,1-2H3,(H,45,46). The third-order valence-corrected chi connectivity index (χ3v) is 9.20. The largest absolute Gasteiger partial charge is 0.472 e. The Morgan fingerprint density at radius 3 is 1.55 bits per heavy atom. The Morgan fingerprint density at radius 1 is 0.588 bits per heavy atom. The summed E-state index contributed by atoms with van der Waals surface area (Å²) >= 11 is 0. The number of phosphoric ester groups is 1. The predicted molar refractivity (Wildman–Crippen MR) is 210 cm³/mol. The lowest BCUT2D eigenvalue weighted by atomic mass is 10.1. The molecule has 0 heterocycles. The molecule has 0 bridgehead atoms. The molecule has 0 saturated carbocycles. The number of phosphoric acid groups is 1. The van der Waals surface area contributed by atoms with Crippen LogP contribution in [0.3, 0.4) is 0 Å². The van der Waals surface area contributed by atoms with Crippen molar-refractivity contribution >= 4 is 19.8 Å². The molecule has 0 fully saturated rings. The van der Waals surface area contributed by atoms with Crippen molar-refractivity contribution in [3.8, 4) is 0 Å². The van der Waals surface area contributed by atoms with E-state index in [1.54, 1.807) is 0 Å². The minimum absolute atomic E-state index is 0.0470. The zero-order valence-corrected chi connectivity index (χ0v) is 33.2. The Kier molecular flexibility index (Phi) is 36.2. The van der Waals surface area contributed by atoms with Crippen molar-refractivity contribution in [3.63, 3.8) is 0 Å². The SMILES string of the molecule is CCCCCC=CCC=CCC=CCC=CCCCCCC(=O)OC(COC(=O)CCCCCCCCCCCCC)COP(=O)(O)OCCN. The molecule has 0 aromatic rings. The van der Waals surface area contributed by atoms with Gasteiger partial charge in [-0.25, -0.2) is 4.57 Å². The van der Waals surface area contributed by atoms with Crippen LogP contribution >= 0.6 is 7.82 Å². The summed E-state index contributed by atoms with van der Waals surface area (Å²) in [4.78, 5) is 34.7. The van der Waals surface area contributed by atoms with Gasteiger partial charge in [0.2, 0.25) is 0 Å². The molecule has 0 rings (SSSR count). The highest BCUT2D eigenvalue weighted by Gasteiger charge is 2.25. The third kappa shape index (κ3) is 37.5. The molecule has 0 aliphatic carbocycles. The second-order valence-corrected chi connectivity index (χ2v) is 14.6. The topological polar surface area (TPSA) is 134 Å². The smallest absolute Gasteiger partial charge is 0.462 e. The van der Waals surface area contributed by atoms with Crippen molar-refractivity contribution in [3.05, 3.63) is 48.6 Å². The first-order chi connectivity index (χ1) is 24.8. The zero-order chi connectivity index (χ0) is 37.5. The molecule has 0 aliphatic heterocycles. The molecule has 51 heavy (non-hydrogen) atoms. The summed E-state index contributed by atoms with van der Waals surface area (Å²) in [6, 6.07) is 0. The summed E-state index contributed by atoms with van der Waals surface area (Å²) in [7, 11) is -4.38. The van der Waals surface area contributed by atoms with E-state index in [1.807, 2.05) is 0 Å². The number of rotatable bonds is 37. The summed E-state index contributed by atoms with van der Waals surface area (Å²) in [6.07, 6.45) is 41.4. The van der Waals surface area contributed by atoms with E-state index >= 15 is 0 Å². The average Bonchev–Trinajstić information content (AvgIpc) is 3.11. The van der Waals surface area contributed by atoms with Crippen molar-refractivity contribution in [1.82, 2.24) is 0 Å². The molecule has 296 valence electrons. The fraction of sp³-hybridized carbons (Fsp3) is 0.756. The van der Waals surface area contributed by atoms with E-state index in [1.165, 1.54) is 77.0 Å². The fourth-order valence-electron chi connectivity index (χ4n) is 5.20. The van der Waals surface area contributed by atoms with Crippen LogP contribution in [0.25, 0.3) is 0 Å². The van der Waals surface area contributed by atoms with Gasteiger partial charge in [-0.3, -0.25) is 18.6 Å². The number of carbonyl (C=O) groups is 2. The van der Waals surface area contributed by atoms with Gasteiger partial charge in [-0.2, -0.15) is 0 Å². The zero-order valence-electron chi connectivity index (χ0n) is 32.3. The molecule has 9 nitrogen and oxygen atoms in total. The van der Waals surface area contributed by atoms with Gasteiger partial charge < -0.3 is 20.1 Å². The van der Waals surface area contributed by atoms with Gasteiger partial charge in [0, 0.05) is 19.4 Å². The number of hydrogen-bond acceptors (Lipinski definition) is 8. The van der Waals surface area contributed by atoms with Crippen molar-refractivity contribution in [1.29, 1.82) is 0 Å². The fourth-order valence-corrected chi connectivity index (χ4v) is 5.97. The molecular weight excluding hydrogens is 665 g/mol. The maximum Gasteiger partial charge on any atom is 0.472 e. The minimum atomic E-state index is -4.38. The molecule has 0 aliphatic rings. The van der Waals surface area contributed by atoms with E-state index in [9.17, 15) is 19.0 Å². The Morgan fingerprint density at radius 2 is 1.02 bits per heavy atom. The quantitative estimate of drug-likeness (QED) is 0.0276. The Hall–Kier alpha value is -2.03. The molecule has 3 N–H and O–H groups in total. The molecule has 0 amide bonds. The highest BCUT2D eigenvalue weighted by Crippen LogP contribution is 2.43. The number of carbonyl (C=O) groups excluding carboxylic acids is 2. The van der Waals surface area contributed by atoms with Gasteiger partial charge in [-0.05, 0) is 57.8 Å². The molecule has 2 unspecified atom stereocenters. The molecule has 0 aromatic heterocycles. The van der Waals surface area contributed by atoms with Gasteiger partial charge in [-0.15, -0.1) is 0 Å². The molecule has 0 saturated heterocycles. The van der Waals surface area contributed by atoms with Crippen LogP contribution in [0, 0.1) is 0 Å².